The molecule has 0 aliphatic rings. The molecule has 0 heterocycles. The van der Waals surface area contributed by atoms with Crippen molar-refractivity contribution in [3.8, 4) is 11.3 Å². The van der Waals surface area contributed by atoms with Crippen molar-refractivity contribution in [2.45, 2.75) is 26.4 Å². The Morgan fingerprint density at radius 3 is 2.35 bits per heavy atom. The quantitative estimate of drug-likeness (QED) is 0.775. The SMILES string of the molecule is CC(C)(C)OC(=O)Nc1ccc(C#CCl)cc1. The molecule has 0 saturated heterocycles. The average Bonchev–Trinajstić information content (AvgIpc) is 2.18. The highest BCUT2D eigenvalue weighted by molar-refractivity contribution is 6.30. The fraction of sp³-hybridized carbons (Fsp3) is 0.308. The molecule has 0 aromatic heterocycles. The lowest BCUT2D eigenvalue weighted by molar-refractivity contribution is 0.0636. The smallest absolute Gasteiger partial charge is 0.412 e. The summed E-state index contributed by atoms with van der Waals surface area (Å²) in [4.78, 5) is 11.5. The highest BCUT2D eigenvalue weighted by atomic mass is 35.5. The van der Waals surface area contributed by atoms with E-state index in [1.807, 2.05) is 20.8 Å². The number of rotatable bonds is 1. The highest BCUT2D eigenvalue weighted by Gasteiger charge is 2.15. The summed E-state index contributed by atoms with van der Waals surface area (Å²) in [6.07, 6.45) is -0.478. The molecule has 1 N–H and O–H groups in total. The molecule has 3 nitrogen and oxygen atoms in total. The van der Waals surface area contributed by atoms with Gasteiger partial charge in [0.05, 0.1) is 0 Å². The summed E-state index contributed by atoms with van der Waals surface area (Å²) < 4.78 is 5.12. The van der Waals surface area contributed by atoms with Crippen LogP contribution in [0.2, 0.25) is 0 Å². The van der Waals surface area contributed by atoms with Gasteiger partial charge in [0, 0.05) is 16.6 Å². The molecule has 0 aliphatic heterocycles. The van der Waals surface area contributed by atoms with Gasteiger partial charge in [0.1, 0.15) is 5.60 Å². The number of benzene rings is 1. The third kappa shape index (κ3) is 5.28. The molecule has 0 radical (unpaired) electrons. The monoisotopic (exact) mass is 251 g/mol. The topological polar surface area (TPSA) is 38.3 Å². The fourth-order valence-electron chi connectivity index (χ4n) is 1.11. The molecule has 0 fully saturated rings. The van der Waals surface area contributed by atoms with Gasteiger partial charge in [0.2, 0.25) is 0 Å². The predicted octanol–water partition coefficient (Wildman–Crippen LogP) is 3.58. The van der Waals surface area contributed by atoms with E-state index in [1.54, 1.807) is 24.3 Å². The minimum absolute atomic E-state index is 0.478. The Morgan fingerprint density at radius 2 is 1.88 bits per heavy atom. The zero-order chi connectivity index (χ0) is 12.9. The van der Waals surface area contributed by atoms with Crippen LogP contribution < -0.4 is 5.32 Å². The Morgan fingerprint density at radius 1 is 1.29 bits per heavy atom. The molecule has 1 aromatic rings. The van der Waals surface area contributed by atoms with Crippen LogP contribution >= 0.6 is 11.6 Å². The van der Waals surface area contributed by atoms with Crippen LogP contribution in [0, 0.1) is 11.3 Å². The van der Waals surface area contributed by atoms with Crippen molar-refractivity contribution in [2.75, 3.05) is 5.32 Å². The second-order valence-electron chi connectivity index (χ2n) is 4.42. The van der Waals surface area contributed by atoms with E-state index in [2.05, 4.69) is 16.6 Å². The van der Waals surface area contributed by atoms with E-state index < -0.39 is 11.7 Å². The molecule has 17 heavy (non-hydrogen) atoms. The molecule has 0 bridgehead atoms. The largest absolute Gasteiger partial charge is 0.444 e. The van der Waals surface area contributed by atoms with Crippen molar-refractivity contribution in [3.63, 3.8) is 0 Å². The minimum Gasteiger partial charge on any atom is -0.444 e. The highest BCUT2D eigenvalue weighted by Crippen LogP contribution is 2.12. The summed E-state index contributed by atoms with van der Waals surface area (Å²) >= 11 is 5.28. The number of carbonyl (C=O) groups is 1. The number of hydrogen-bond acceptors (Lipinski definition) is 2. The number of amides is 1. The minimum atomic E-state index is -0.506. The van der Waals surface area contributed by atoms with Crippen molar-refractivity contribution < 1.29 is 9.53 Å². The van der Waals surface area contributed by atoms with Gasteiger partial charge in [-0.3, -0.25) is 5.32 Å². The Balaban J connectivity index is 2.62. The van der Waals surface area contributed by atoms with Crippen molar-refractivity contribution in [1.29, 1.82) is 0 Å². The summed E-state index contributed by atoms with van der Waals surface area (Å²) in [5, 5.41) is 4.91. The third-order valence-electron chi connectivity index (χ3n) is 1.72. The van der Waals surface area contributed by atoms with Gasteiger partial charge < -0.3 is 4.74 Å². The first-order valence-electron chi connectivity index (χ1n) is 5.12. The molecule has 1 rings (SSSR count). The van der Waals surface area contributed by atoms with E-state index in [-0.39, 0.29) is 0 Å². The summed E-state index contributed by atoms with van der Waals surface area (Å²) in [6, 6.07) is 7.01. The molecule has 0 unspecified atom stereocenters. The Hall–Kier alpha value is -1.66. The van der Waals surface area contributed by atoms with Gasteiger partial charge in [0.15, 0.2) is 0 Å². The van der Waals surface area contributed by atoms with Crippen LogP contribution in [0.25, 0.3) is 0 Å². The first kappa shape index (κ1) is 13.4. The number of carbonyl (C=O) groups excluding carboxylic acids is 1. The lowest BCUT2D eigenvalue weighted by atomic mass is 10.2. The summed E-state index contributed by atoms with van der Waals surface area (Å²) in [7, 11) is 0. The van der Waals surface area contributed by atoms with Crippen molar-refractivity contribution in [2.24, 2.45) is 0 Å². The van der Waals surface area contributed by atoms with Crippen LogP contribution in [-0.4, -0.2) is 11.7 Å². The zero-order valence-corrected chi connectivity index (χ0v) is 10.8. The standard InChI is InChI=1S/C13H14ClNO2/c1-13(2,3)17-12(16)15-11-6-4-10(5-7-11)8-9-14/h4-7H,1-3H3,(H,15,16). The molecule has 1 amide bonds. The maximum absolute atomic E-state index is 11.5. The van der Waals surface area contributed by atoms with E-state index in [4.69, 9.17) is 16.3 Å². The second-order valence-corrected chi connectivity index (χ2v) is 4.61. The predicted molar refractivity (Wildman–Crippen MR) is 69.0 cm³/mol. The van der Waals surface area contributed by atoms with Crippen LogP contribution in [0.1, 0.15) is 26.3 Å². The van der Waals surface area contributed by atoms with Gasteiger partial charge in [-0.1, -0.05) is 0 Å². The first-order chi connectivity index (χ1) is 7.90. The van der Waals surface area contributed by atoms with E-state index in [0.29, 0.717) is 5.69 Å². The van der Waals surface area contributed by atoms with Crippen LogP contribution in [0.5, 0.6) is 0 Å². The molecule has 4 heteroatoms. The van der Waals surface area contributed by atoms with Gasteiger partial charge >= 0.3 is 6.09 Å². The zero-order valence-electron chi connectivity index (χ0n) is 10.0. The molecule has 0 spiro atoms. The molecular weight excluding hydrogens is 238 g/mol. The lowest BCUT2D eigenvalue weighted by Gasteiger charge is -2.19. The summed E-state index contributed by atoms with van der Waals surface area (Å²) in [6.45, 7) is 5.43. The molecule has 90 valence electrons. The van der Waals surface area contributed by atoms with E-state index in [1.165, 1.54) is 0 Å². The normalized spacial score (nSPS) is 10.1. The number of anilines is 1. The summed E-state index contributed by atoms with van der Waals surface area (Å²) in [5.41, 5.74) is 0.933. The van der Waals surface area contributed by atoms with E-state index in [9.17, 15) is 4.79 Å². The van der Waals surface area contributed by atoms with Gasteiger partial charge in [-0.15, -0.1) is 0 Å². The maximum atomic E-state index is 11.5. The molecule has 0 atom stereocenters. The van der Waals surface area contributed by atoms with Crippen molar-refractivity contribution in [1.82, 2.24) is 0 Å². The second kappa shape index (κ2) is 5.60. The Labute approximate surface area is 106 Å². The number of hydrogen-bond donors (Lipinski definition) is 1. The van der Waals surface area contributed by atoms with E-state index in [0.717, 1.165) is 5.56 Å². The molecule has 0 aliphatic carbocycles. The van der Waals surface area contributed by atoms with Crippen LogP contribution in [0.4, 0.5) is 10.5 Å². The number of nitrogens with one attached hydrogen (secondary N) is 1. The van der Waals surface area contributed by atoms with Crippen LogP contribution in [0.15, 0.2) is 24.3 Å². The Bertz CT molecular complexity index is 449. The van der Waals surface area contributed by atoms with Crippen LogP contribution in [-0.2, 0) is 4.74 Å². The fourth-order valence-corrected chi connectivity index (χ4v) is 1.22. The Kier molecular flexibility index (Phi) is 4.42. The van der Waals surface area contributed by atoms with Gasteiger partial charge in [-0.2, -0.15) is 0 Å². The maximum Gasteiger partial charge on any atom is 0.412 e. The summed E-state index contributed by atoms with van der Waals surface area (Å²) in [5.74, 6) is 2.70. The van der Waals surface area contributed by atoms with Crippen molar-refractivity contribution in [3.05, 3.63) is 29.8 Å². The number of ether oxygens (including phenoxy) is 1. The number of halogens is 1. The van der Waals surface area contributed by atoms with Gasteiger partial charge in [0.25, 0.3) is 0 Å². The van der Waals surface area contributed by atoms with Gasteiger partial charge in [-0.25, -0.2) is 4.79 Å². The molecular formula is C13H14ClNO2. The van der Waals surface area contributed by atoms with Crippen LogP contribution in [0.3, 0.4) is 0 Å². The van der Waals surface area contributed by atoms with Crippen molar-refractivity contribution >= 4 is 23.4 Å². The first-order valence-corrected chi connectivity index (χ1v) is 5.50. The lowest BCUT2D eigenvalue weighted by Crippen LogP contribution is -2.27. The molecule has 1 aromatic carbocycles. The molecule has 0 saturated carbocycles. The third-order valence-corrected chi connectivity index (χ3v) is 1.82. The van der Waals surface area contributed by atoms with Gasteiger partial charge in [-0.05, 0) is 62.6 Å². The van der Waals surface area contributed by atoms with E-state index >= 15 is 0 Å². The average molecular weight is 252 g/mol.